The van der Waals surface area contributed by atoms with Crippen molar-refractivity contribution in [1.82, 2.24) is 0 Å². The average Bonchev–Trinajstić information content (AvgIpc) is 2.70. The van der Waals surface area contributed by atoms with E-state index in [4.69, 9.17) is 9.47 Å². The summed E-state index contributed by atoms with van der Waals surface area (Å²) in [5, 5.41) is 0. The molecular formula is C25H50O3. The van der Waals surface area contributed by atoms with Crippen LogP contribution in [0, 0.1) is 0 Å². The Morgan fingerprint density at radius 2 is 0.679 bits per heavy atom. The van der Waals surface area contributed by atoms with Crippen molar-refractivity contribution in [2.45, 2.75) is 142 Å². The van der Waals surface area contributed by atoms with Gasteiger partial charge in [-0.2, -0.15) is 0 Å². The fourth-order valence-corrected chi connectivity index (χ4v) is 3.53. The zero-order valence-electron chi connectivity index (χ0n) is 19.3. The highest BCUT2D eigenvalue weighted by molar-refractivity contribution is 5.59. The summed E-state index contributed by atoms with van der Waals surface area (Å²) in [6.07, 6.45) is 25.5. The first-order valence-electron chi connectivity index (χ1n) is 12.6. The zero-order chi connectivity index (χ0) is 20.5. The van der Waals surface area contributed by atoms with Gasteiger partial charge in [-0.3, -0.25) is 0 Å². The van der Waals surface area contributed by atoms with Gasteiger partial charge in [-0.25, -0.2) is 4.79 Å². The maximum absolute atomic E-state index is 11.5. The van der Waals surface area contributed by atoms with E-state index in [-0.39, 0.29) is 0 Å². The number of carbonyl (C=O) groups excluding carboxylic acids is 1. The van der Waals surface area contributed by atoms with E-state index in [9.17, 15) is 4.79 Å². The molecule has 0 aliphatic rings. The molecule has 0 N–H and O–H groups in total. The Kier molecular flexibility index (Phi) is 23.7. The highest BCUT2D eigenvalue weighted by Gasteiger charge is 2.03. The summed E-state index contributed by atoms with van der Waals surface area (Å²) < 4.78 is 10.2. The van der Waals surface area contributed by atoms with Gasteiger partial charge >= 0.3 is 6.16 Å². The molecule has 28 heavy (non-hydrogen) atoms. The van der Waals surface area contributed by atoms with Gasteiger partial charge in [-0.1, -0.05) is 129 Å². The molecule has 0 aliphatic carbocycles. The summed E-state index contributed by atoms with van der Waals surface area (Å²) in [5.74, 6) is 0. The third-order valence-corrected chi connectivity index (χ3v) is 5.44. The third-order valence-electron chi connectivity index (χ3n) is 5.44. The van der Waals surface area contributed by atoms with Crippen LogP contribution in [-0.2, 0) is 9.47 Å². The largest absolute Gasteiger partial charge is 0.508 e. The third kappa shape index (κ3) is 23.3. The molecule has 0 aromatic heterocycles. The predicted molar refractivity (Wildman–Crippen MR) is 121 cm³/mol. The van der Waals surface area contributed by atoms with Crippen molar-refractivity contribution in [2.75, 3.05) is 13.2 Å². The molecule has 0 bridgehead atoms. The lowest BCUT2D eigenvalue weighted by Crippen LogP contribution is -2.09. The van der Waals surface area contributed by atoms with E-state index in [0.717, 1.165) is 25.7 Å². The molecule has 0 aromatic rings. The van der Waals surface area contributed by atoms with Crippen LogP contribution in [-0.4, -0.2) is 19.4 Å². The topological polar surface area (TPSA) is 35.5 Å². The summed E-state index contributed by atoms with van der Waals surface area (Å²) in [6.45, 7) is 5.51. The maximum atomic E-state index is 11.5. The predicted octanol–water partition coefficient (Wildman–Crippen LogP) is 8.98. The molecule has 0 atom stereocenters. The van der Waals surface area contributed by atoms with Gasteiger partial charge in [-0.15, -0.1) is 0 Å². The highest BCUT2D eigenvalue weighted by atomic mass is 16.7. The van der Waals surface area contributed by atoms with Crippen LogP contribution in [0.25, 0.3) is 0 Å². The van der Waals surface area contributed by atoms with E-state index in [1.54, 1.807) is 0 Å². The van der Waals surface area contributed by atoms with Crippen LogP contribution < -0.4 is 0 Å². The molecule has 3 heteroatoms. The summed E-state index contributed by atoms with van der Waals surface area (Å²) in [4.78, 5) is 11.5. The Morgan fingerprint density at radius 1 is 0.429 bits per heavy atom. The standard InChI is InChI=1S/C25H50O3/c1-3-5-7-9-11-12-13-14-15-16-17-18-20-22-24-28-25(26)27-23-21-19-10-8-6-4-2/h3-24H2,1-2H3. The number of ether oxygens (including phenoxy) is 2. The van der Waals surface area contributed by atoms with Gasteiger partial charge in [0.15, 0.2) is 0 Å². The second kappa shape index (κ2) is 24.3. The molecule has 0 fully saturated rings. The van der Waals surface area contributed by atoms with Crippen molar-refractivity contribution in [2.24, 2.45) is 0 Å². The molecule has 0 aromatic carbocycles. The van der Waals surface area contributed by atoms with Gasteiger partial charge in [0.05, 0.1) is 13.2 Å². The van der Waals surface area contributed by atoms with Crippen molar-refractivity contribution in [3.63, 3.8) is 0 Å². The fraction of sp³-hybridized carbons (Fsp3) is 0.960. The van der Waals surface area contributed by atoms with Crippen molar-refractivity contribution in [1.29, 1.82) is 0 Å². The lowest BCUT2D eigenvalue weighted by Gasteiger charge is -2.06. The van der Waals surface area contributed by atoms with E-state index in [2.05, 4.69) is 13.8 Å². The van der Waals surface area contributed by atoms with Gasteiger partial charge in [0.2, 0.25) is 0 Å². The zero-order valence-corrected chi connectivity index (χ0v) is 19.3. The lowest BCUT2D eigenvalue weighted by molar-refractivity contribution is 0.0529. The normalized spacial score (nSPS) is 10.9. The number of rotatable bonds is 22. The summed E-state index contributed by atoms with van der Waals surface area (Å²) in [7, 11) is 0. The molecule has 0 aliphatic heterocycles. The first kappa shape index (κ1) is 27.3. The van der Waals surface area contributed by atoms with Gasteiger partial charge in [0.1, 0.15) is 0 Å². The second-order valence-electron chi connectivity index (χ2n) is 8.31. The van der Waals surface area contributed by atoms with E-state index in [1.165, 1.54) is 103 Å². The summed E-state index contributed by atoms with van der Waals surface area (Å²) in [6, 6.07) is 0. The first-order valence-corrected chi connectivity index (χ1v) is 12.6. The number of carbonyl (C=O) groups is 1. The molecular weight excluding hydrogens is 348 g/mol. The lowest BCUT2D eigenvalue weighted by atomic mass is 10.0. The van der Waals surface area contributed by atoms with Crippen molar-refractivity contribution in [3.05, 3.63) is 0 Å². The van der Waals surface area contributed by atoms with Crippen LogP contribution in [0.5, 0.6) is 0 Å². The Bertz CT molecular complexity index is 304. The smallest absolute Gasteiger partial charge is 0.434 e. The molecule has 0 radical (unpaired) electrons. The van der Waals surface area contributed by atoms with Crippen LogP contribution in [0.15, 0.2) is 0 Å². The molecule has 3 nitrogen and oxygen atoms in total. The molecule has 0 heterocycles. The van der Waals surface area contributed by atoms with Crippen molar-refractivity contribution in [3.8, 4) is 0 Å². The Labute approximate surface area is 176 Å². The number of hydrogen-bond donors (Lipinski definition) is 0. The Morgan fingerprint density at radius 3 is 0.964 bits per heavy atom. The van der Waals surface area contributed by atoms with Crippen LogP contribution in [0.1, 0.15) is 142 Å². The molecule has 0 saturated carbocycles. The second-order valence-corrected chi connectivity index (χ2v) is 8.31. The van der Waals surface area contributed by atoms with E-state index in [0.29, 0.717) is 13.2 Å². The van der Waals surface area contributed by atoms with E-state index < -0.39 is 6.16 Å². The summed E-state index contributed by atoms with van der Waals surface area (Å²) in [5.41, 5.74) is 0. The number of hydrogen-bond acceptors (Lipinski definition) is 3. The van der Waals surface area contributed by atoms with E-state index >= 15 is 0 Å². The Balaban J connectivity index is 3.11. The molecule has 0 spiro atoms. The molecule has 0 rings (SSSR count). The van der Waals surface area contributed by atoms with Gasteiger partial charge in [0.25, 0.3) is 0 Å². The van der Waals surface area contributed by atoms with Gasteiger partial charge < -0.3 is 9.47 Å². The monoisotopic (exact) mass is 398 g/mol. The van der Waals surface area contributed by atoms with Crippen molar-refractivity contribution >= 4 is 6.16 Å². The molecule has 0 saturated heterocycles. The number of unbranched alkanes of at least 4 members (excludes halogenated alkanes) is 18. The highest BCUT2D eigenvalue weighted by Crippen LogP contribution is 2.13. The van der Waals surface area contributed by atoms with Crippen LogP contribution in [0.2, 0.25) is 0 Å². The van der Waals surface area contributed by atoms with E-state index in [1.807, 2.05) is 0 Å². The average molecular weight is 399 g/mol. The molecule has 0 amide bonds. The van der Waals surface area contributed by atoms with Crippen LogP contribution >= 0.6 is 0 Å². The van der Waals surface area contributed by atoms with Crippen molar-refractivity contribution < 1.29 is 14.3 Å². The Hall–Kier alpha value is -0.730. The quantitative estimate of drug-likeness (QED) is 0.135. The summed E-state index contributed by atoms with van der Waals surface area (Å²) >= 11 is 0. The maximum Gasteiger partial charge on any atom is 0.508 e. The minimum absolute atomic E-state index is 0.483. The van der Waals surface area contributed by atoms with Gasteiger partial charge in [0, 0.05) is 0 Å². The van der Waals surface area contributed by atoms with Crippen LogP contribution in [0.4, 0.5) is 4.79 Å². The molecule has 0 unspecified atom stereocenters. The fourth-order valence-electron chi connectivity index (χ4n) is 3.53. The molecule has 168 valence electrons. The first-order chi connectivity index (χ1) is 13.8. The minimum atomic E-state index is -0.483. The van der Waals surface area contributed by atoms with Gasteiger partial charge in [-0.05, 0) is 12.8 Å². The SMILES string of the molecule is CCCCCCCCCCCCCCCCOC(=O)OCCCCCCCC. The minimum Gasteiger partial charge on any atom is -0.434 e. The van der Waals surface area contributed by atoms with Crippen LogP contribution in [0.3, 0.4) is 0 Å².